The van der Waals surface area contributed by atoms with E-state index in [2.05, 4.69) is 57.7 Å². The largest absolute Gasteiger partial charge is 0.311 e. The number of nitrogens with one attached hydrogen (secondary N) is 1. The summed E-state index contributed by atoms with van der Waals surface area (Å²) in [5.41, 5.74) is 1.27. The van der Waals surface area contributed by atoms with E-state index in [-0.39, 0.29) is 0 Å². The molecule has 1 atom stereocenters. The second-order valence-corrected chi connectivity index (χ2v) is 4.53. The summed E-state index contributed by atoms with van der Waals surface area (Å²) < 4.78 is 1.13. The van der Waals surface area contributed by atoms with Gasteiger partial charge in [-0.1, -0.05) is 40.2 Å². The van der Waals surface area contributed by atoms with E-state index in [1.54, 1.807) is 0 Å². The Kier molecular flexibility index (Phi) is 3.38. The molecule has 1 nitrogen and oxygen atoms in total. The summed E-state index contributed by atoms with van der Waals surface area (Å²) in [7, 11) is 0. The number of hydrogen-bond acceptors (Lipinski definition) is 1. The maximum absolute atomic E-state index is 3.44. The van der Waals surface area contributed by atoms with Crippen LogP contribution >= 0.6 is 15.9 Å². The lowest BCUT2D eigenvalue weighted by Crippen LogP contribution is -2.17. The highest BCUT2D eigenvalue weighted by Crippen LogP contribution is 2.13. The molecule has 0 saturated carbocycles. The van der Waals surface area contributed by atoms with Crippen molar-refractivity contribution < 1.29 is 0 Å². The molecule has 1 aromatic rings. The average molecular weight is 252 g/mol. The summed E-state index contributed by atoms with van der Waals surface area (Å²) in [6, 6.07) is 8.97. The zero-order valence-corrected chi connectivity index (χ0v) is 9.63. The van der Waals surface area contributed by atoms with Crippen LogP contribution in [0.2, 0.25) is 0 Å². The van der Waals surface area contributed by atoms with Crippen molar-refractivity contribution >= 4 is 22.0 Å². The SMILES string of the molecule is Brc1ccc(/C=C/C2CCCN2)cc1. The first-order valence-electron chi connectivity index (χ1n) is 5.02. The van der Waals surface area contributed by atoms with Crippen LogP contribution in [-0.4, -0.2) is 12.6 Å². The minimum atomic E-state index is 0.582. The van der Waals surface area contributed by atoms with Crippen molar-refractivity contribution in [2.75, 3.05) is 6.54 Å². The Morgan fingerprint density at radius 3 is 2.71 bits per heavy atom. The first-order valence-corrected chi connectivity index (χ1v) is 5.81. The van der Waals surface area contributed by atoms with Crippen LogP contribution in [0.1, 0.15) is 18.4 Å². The van der Waals surface area contributed by atoms with E-state index >= 15 is 0 Å². The average Bonchev–Trinajstić information content (AvgIpc) is 2.70. The third-order valence-corrected chi connectivity index (χ3v) is 3.02. The van der Waals surface area contributed by atoms with E-state index in [0.29, 0.717) is 6.04 Å². The smallest absolute Gasteiger partial charge is 0.0253 e. The number of hydrogen-bond donors (Lipinski definition) is 1. The van der Waals surface area contributed by atoms with Gasteiger partial charge in [-0.15, -0.1) is 0 Å². The van der Waals surface area contributed by atoms with Crippen molar-refractivity contribution in [1.29, 1.82) is 0 Å². The van der Waals surface area contributed by atoms with Gasteiger partial charge in [0.15, 0.2) is 0 Å². The van der Waals surface area contributed by atoms with Gasteiger partial charge in [0.2, 0.25) is 0 Å². The summed E-state index contributed by atoms with van der Waals surface area (Å²) in [6.45, 7) is 1.16. The molecule has 1 unspecified atom stereocenters. The molecule has 1 heterocycles. The lowest BCUT2D eigenvalue weighted by molar-refractivity contribution is 0.730. The Morgan fingerprint density at radius 2 is 2.07 bits per heavy atom. The maximum Gasteiger partial charge on any atom is 0.0253 e. The second kappa shape index (κ2) is 4.76. The van der Waals surface area contributed by atoms with Crippen LogP contribution in [0.4, 0.5) is 0 Å². The van der Waals surface area contributed by atoms with E-state index < -0.39 is 0 Å². The Bertz CT molecular complexity index is 310. The van der Waals surface area contributed by atoms with Crippen LogP contribution in [0, 0.1) is 0 Å². The van der Waals surface area contributed by atoms with Gasteiger partial charge in [0.25, 0.3) is 0 Å². The van der Waals surface area contributed by atoms with Crippen LogP contribution in [0.5, 0.6) is 0 Å². The van der Waals surface area contributed by atoms with Gasteiger partial charge in [-0.3, -0.25) is 0 Å². The standard InChI is InChI=1S/C12H14BrN/c13-11-6-3-10(4-7-11)5-8-12-2-1-9-14-12/h3-8,12,14H,1-2,9H2/b8-5+. The molecule has 1 fully saturated rings. The van der Waals surface area contributed by atoms with Gasteiger partial charge in [-0.25, -0.2) is 0 Å². The minimum absolute atomic E-state index is 0.582. The summed E-state index contributed by atoms with van der Waals surface area (Å²) in [6.07, 6.45) is 7.02. The van der Waals surface area contributed by atoms with Crippen LogP contribution in [0.15, 0.2) is 34.8 Å². The molecule has 0 bridgehead atoms. The highest BCUT2D eigenvalue weighted by Gasteiger charge is 2.09. The molecule has 2 rings (SSSR count). The normalized spacial score (nSPS) is 21.9. The van der Waals surface area contributed by atoms with Gasteiger partial charge in [0.05, 0.1) is 0 Å². The molecule has 0 radical (unpaired) electrons. The topological polar surface area (TPSA) is 12.0 Å². The van der Waals surface area contributed by atoms with Crippen molar-refractivity contribution in [2.45, 2.75) is 18.9 Å². The zero-order chi connectivity index (χ0) is 9.80. The third kappa shape index (κ3) is 2.69. The summed E-state index contributed by atoms with van der Waals surface area (Å²) >= 11 is 3.43. The Balaban J connectivity index is 1.99. The summed E-state index contributed by atoms with van der Waals surface area (Å²) in [4.78, 5) is 0. The van der Waals surface area contributed by atoms with Crippen LogP contribution in [-0.2, 0) is 0 Å². The molecular formula is C12H14BrN. The molecule has 1 aliphatic rings. The molecule has 1 N–H and O–H groups in total. The lowest BCUT2D eigenvalue weighted by Gasteiger charge is -2.02. The third-order valence-electron chi connectivity index (χ3n) is 2.49. The van der Waals surface area contributed by atoms with Crippen LogP contribution in [0.3, 0.4) is 0 Å². The highest BCUT2D eigenvalue weighted by atomic mass is 79.9. The lowest BCUT2D eigenvalue weighted by atomic mass is 10.1. The molecule has 2 heteroatoms. The minimum Gasteiger partial charge on any atom is -0.311 e. The van der Waals surface area contributed by atoms with Gasteiger partial charge in [-0.2, -0.15) is 0 Å². The Labute approximate surface area is 93.3 Å². The first-order chi connectivity index (χ1) is 6.84. The fourth-order valence-corrected chi connectivity index (χ4v) is 1.94. The van der Waals surface area contributed by atoms with Crippen molar-refractivity contribution in [3.8, 4) is 0 Å². The molecule has 0 spiro atoms. The van der Waals surface area contributed by atoms with E-state index in [1.165, 1.54) is 18.4 Å². The Hall–Kier alpha value is -0.600. The van der Waals surface area contributed by atoms with E-state index in [9.17, 15) is 0 Å². The summed E-state index contributed by atoms with van der Waals surface area (Å²) in [5.74, 6) is 0. The van der Waals surface area contributed by atoms with Crippen molar-refractivity contribution in [3.05, 3.63) is 40.4 Å². The van der Waals surface area contributed by atoms with Crippen molar-refractivity contribution in [2.24, 2.45) is 0 Å². The predicted molar refractivity (Wildman–Crippen MR) is 64.2 cm³/mol. The highest BCUT2D eigenvalue weighted by molar-refractivity contribution is 9.10. The van der Waals surface area contributed by atoms with Crippen molar-refractivity contribution in [1.82, 2.24) is 5.32 Å². The van der Waals surface area contributed by atoms with Crippen molar-refractivity contribution in [3.63, 3.8) is 0 Å². The zero-order valence-electron chi connectivity index (χ0n) is 8.04. The molecule has 1 saturated heterocycles. The number of benzene rings is 1. The summed E-state index contributed by atoms with van der Waals surface area (Å²) in [5, 5.41) is 3.44. The molecule has 0 aromatic heterocycles. The van der Waals surface area contributed by atoms with E-state index in [0.717, 1.165) is 11.0 Å². The molecule has 14 heavy (non-hydrogen) atoms. The number of rotatable bonds is 2. The molecule has 74 valence electrons. The van der Waals surface area contributed by atoms with E-state index in [4.69, 9.17) is 0 Å². The molecule has 0 amide bonds. The first kappa shape index (κ1) is 9.94. The second-order valence-electron chi connectivity index (χ2n) is 3.61. The van der Waals surface area contributed by atoms with Gasteiger partial charge in [-0.05, 0) is 37.1 Å². The van der Waals surface area contributed by atoms with Gasteiger partial charge < -0.3 is 5.32 Å². The molecule has 1 aliphatic heterocycles. The molecular weight excluding hydrogens is 238 g/mol. The molecule has 1 aromatic carbocycles. The molecule has 0 aliphatic carbocycles. The Morgan fingerprint density at radius 1 is 1.29 bits per heavy atom. The quantitative estimate of drug-likeness (QED) is 0.852. The van der Waals surface area contributed by atoms with Gasteiger partial charge in [0.1, 0.15) is 0 Å². The van der Waals surface area contributed by atoms with E-state index in [1.807, 2.05) is 0 Å². The van der Waals surface area contributed by atoms with Gasteiger partial charge >= 0.3 is 0 Å². The van der Waals surface area contributed by atoms with Crippen LogP contribution < -0.4 is 5.32 Å². The number of halogens is 1. The fourth-order valence-electron chi connectivity index (χ4n) is 1.68. The van der Waals surface area contributed by atoms with Crippen LogP contribution in [0.25, 0.3) is 6.08 Å². The van der Waals surface area contributed by atoms with Gasteiger partial charge in [0, 0.05) is 10.5 Å². The maximum atomic E-state index is 3.44. The fraction of sp³-hybridized carbons (Fsp3) is 0.333. The predicted octanol–water partition coefficient (Wildman–Crippen LogP) is 3.21. The monoisotopic (exact) mass is 251 g/mol.